The Morgan fingerprint density at radius 3 is 1.50 bits per heavy atom. The van der Waals surface area contributed by atoms with Crippen LogP contribution in [0.25, 0.3) is 0 Å². The first kappa shape index (κ1) is 13.5. The van der Waals surface area contributed by atoms with E-state index in [-0.39, 0.29) is 12.8 Å². The quantitative estimate of drug-likeness (QED) is 0.750. The first-order valence-electron chi connectivity index (χ1n) is 4.50. The first-order valence-corrected chi connectivity index (χ1v) is 4.50. The molecule has 96 valence electrons. The van der Waals surface area contributed by atoms with E-state index in [4.69, 9.17) is 0 Å². The van der Waals surface area contributed by atoms with Crippen LogP contribution in [0.15, 0.2) is 0 Å². The third kappa shape index (κ3) is 1.66. The minimum atomic E-state index is -6.38. The van der Waals surface area contributed by atoms with Crippen LogP contribution >= 0.6 is 0 Å². The van der Waals surface area contributed by atoms with Crippen LogP contribution in [0.4, 0.5) is 30.7 Å². The zero-order valence-corrected chi connectivity index (χ0v) is 7.92. The van der Waals surface area contributed by atoms with Gasteiger partial charge in [0.05, 0.1) is 0 Å². The molecule has 1 nitrogen and oxygen atoms in total. The average Bonchev–Trinajstić information content (AvgIpc) is 2.51. The van der Waals surface area contributed by atoms with Gasteiger partial charge in [0.25, 0.3) is 0 Å². The molecule has 16 heavy (non-hydrogen) atoms. The van der Waals surface area contributed by atoms with Gasteiger partial charge < -0.3 is 5.11 Å². The Bertz CT molecular complexity index is 264. The highest BCUT2D eigenvalue weighted by molar-refractivity contribution is 5.06. The SMILES string of the molecule is OC1(C(F)(F)C(F)(F)C(F)(F)F)CCCC1. The van der Waals surface area contributed by atoms with Crippen molar-refractivity contribution in [1.82, 2.24) is 0 Å². The molecule has 0 spiro atoms. The Labute approximate surface area is 86.2 Å². The maximum Gasteiger partial charge on any atom is 0.459 e. The number of hydrogen-bond donors (Lipinski definition) is 1. The van der Waals surface area contributed by atoms with Crippen LogP contribution in [0, 0.1) is 0 Å². The molecule has 0 aromatic heterocycles. The molecule has 1 aliphatic carbocycles. The molecule has 0 heterocycles. The van der Waals surface area contributed by atoms with Gasteiger partial charge in [0, 0.05) is 0 Å². The number of alkyl halides is 7. The van der Waals surface area contributed by atoms with Crippen LogP contribution in [0.3, 0.4) is 0 Å². The van der Waals surface area contributed by atoms with Crippen molar-refractivity contribution in [2.24, 2.45) is 0 Å². The van der Waals surface area contributed by atoms with Gasteiger partial charge in [-0.15, -0.1) is 0 Å². The van der Waals surface area contributed by atoms with Crippen LogP contribution < -0.4 is 0 Å². The number of hydrogen-bond acceptors (Lipinski definition) is 1. The van der Waals surface area contributed by atoms with Crippen molar-refractivity contribution in [3.8, 4) is 0 Å². The Balaban J connectivity index is 3.10. The van der Waals surface area contributed by atoms with Crippen LogP contribution in [0.5, 0.6) is 0 Å². The van der Waals surface area contributed by atoms with Crippen LogP contribution in [-0.2, 0) is 0 Å². The van der Waals surface area contributed by atoms with E-state index in [9.17, 15) is 35.8 Å². The molecule has 0 amide bonds. The molecule has 1 saturated carbocycles. The molecule has 1 aliphatic rings. The predicted molar refractivity (Wildman–Crippen MR) is 39.4 cm³/mol. The van der Waals surface area contributed by atoms with E-state index in [1.165, 1.54) is 0 Å². The van der Waals surface area contributed by atoms with Gasteiger partial charge in [-0.25, -0.2) is 0 Å². The summed E-state index contributed by atoms with van der Waals surface area (Å²) in [4.78, 5) is 0. The van der Waals surface area contributed by atoms with E-state index in [2.05, 4.69) is 0 Å². The molecule has 0 aliphatic heterocycles. The van der Waals surface area contributed by atoms with Crippen LogP contribution in [0.2, 0.25) is 0 Å². The third-order valence-electron chi connectivity index (χ3n) is 2.77. The van der Waals surface area contributed by atoms with Crippen molar-refractivity contribution in [2.45, 2.75) is 49.3 Å². The van der Waals surface area contributed by atoms with Gasteiger partial charge in [-0.1, -0.05) is 12.8 Å². The van der Waals surface area contributed by atoms with Crippen molar-refractivity contribution >= 4 is 0 Å². The number of aliphatic hydroxyl groups is 1. The Hall–Kier alpha value is -0.530. The maximum atomic E-state index is 13.1. The van der Waals surface area contributed by atoms with Crippen LogP contribution in [0.1, 0.15) is 25.7 Å². The number of rotatable bonds is 2. The summed E-state index contributed by atoms with van der Waals surface area (Å²) in [5.41, 5.74) is -3.27. The molecule has 0 radical (unpaired) electrons. The fraction of sp³-hybridized carbons (Fsp3) is 1.00. The normalized spacial score (nSPS) is 22.5. The first-order chi connectivity index (χ1) is 6.96. The topological polar surface area (TPSA) is 20.2 Å². The molecule has 0 bridgehead atoms. The van der Waals surface area contributed by atoms with Crippen LogP contribution in [-0.4, -0.2) is 28.7 Å². The molecule has 0 atom stereocenters. The highest BCUT2D eigenvalue weighted by Crippen LogP contribution is 2.55. The molecular formula is C8H9F7O. The minimum absolute atomic E-state index is 0.0000269. The summed E-state index contributed by atoms with van der Waals surface area (Å²) in [6, 6.07) is 0. The zero-order chi connectivity index (χ0) is 12.8. The second kappa shape index (κ2) is 3.48. The molecule has 0 unspecified atom stereocenters. The van der Waals surface area contributed by atoms with Gasteiger partial charge >= 0.3 is 18.0 Å². The van der Waals surface area contributed by atoms with Crippen molar-refractivity contribution in [1.29, 1.82) is 0 Å². The van der Waals surface area contributed by atoms with E-state index in [0.29, 0.717) is 0 Å². The minimum Gasteiger partial charge on any atom is -0.383 e. The van der Waals surface area contributed by atoms with Crippen molar-refractivity contribution < 1.29 is 35.8 Å². The monoisotopic (exact) mass is 254 g/mol. The standard InChI is InChI=1S/C8H9F7O/c9-6(10,5(16)3-1-2-4-5)7(11,12)8(13,14)15/h16H,1-4H2. The smallest absolute Gasteiger partial charge is 0.383 e. The summed E-state index contributed by atoms with van der Waals surface area (Å²) >= 11 is 0. The van der Waals surface area contributed by atoms with E-state index in [1.54, 1.807) is 0 Å². The van der Waals surface area contributed by atoms with Gasteiger partial charge in [-0.05, 0) is 12.8 Å². The molecule has 8 heteroatoms. The Morgan fingerprint density at radius 2 is 1.19 bits per heavy atom. The van der Waals surface area contributed by atoms with Gasteiger partial charge in [0.1, 0.15) is 5.60 Å². The van der Waals surface area contributed by atoms with E-state index < -0.39 is 36.5 Å². The van der Waals surface area contributed by atoms with Gasteiger partial charge in [-0.2, -0.15) is 30.7 Å². The Kier molecular flexibility index (Phi) is 2.94. The largest absolute Gasteiger partial charge is 0.459 e. The second-order valence-electron chi connectivity index (χ2n) is 3.89. The molecule has 0 saturated heterocycles. The van der Waals surface area contributed by atoms with E-state index in [1.807, 2.05) is 0 Å². The summed E-state index contributed by atoms with van der Waals surface area (Å²) in [6.07, 6.45) is -7.90. The molecule has 1 fully saturated rings. The van der Waals surface area contributed by atoms with Crippen molar-refractivity contribution in [2.75, 3.05) is 0 Å². The van der Waals surface area contributed by atoms with E-state index in [0.717, 1.165) is 0 Å². The highest BCUT2D eigenvalue weighted by Gasteiger charge is 2.79. The lowest BCUT2D eigenvalue weighted by Crippen LogP contribution is -2.63. The van der Waals surface area contributed by atoms with E-state index >= 15 is 0 Å². The molecule has 0 aromatic carbocycles. The maximum absolute atomic E-state index is 13.1. The molecule has 1 N–H and O–H groups in total. The molecular weight excluding hydrogens is 245 g/mol. The molecule has 0 aromatic rings. The van der Waals surface area contributed by atoms with Gasteiger partial charge in [-0.3, -0.25) is 0 Å². The summed E-state index contributed by atoms with van der Waals surface area (Å²) in [7, 11) is 0. The average molecular weight is 254 g/mol. The van der Waals surface area contributed by atoms with Gasteiger partial charge in [0.15, 0.2) is 0 Å². The van der Waals surface area contributed by atoms with Crippen molar-refractivity contribution in [3.63, 3.8) is 0 Å². The highest BCUT2D eigenvalue weighted by atomic mass is 19.4. The predicted octanol–water partition coefficient (Wildman–Crippen LogP) is 3.12. The van der Waals surface area contributed by atoms with Crippen molar-refractivity contribution in [3.05, 3.63) is 0 Å². The molecule has 1 rings (SSSR count). The zero-order valence-electron chi connectivity index (χ0n) is 7.92. The summed E-state index contributed by atoms with van der Waals surface area (Å²) < 4.78 is 86.7. The fourth-order valence-corrected chi connectivity index (χ4v) is 1.74. The lowest BCUT2D eigenvalue weighted by molar-refractivity contribution is -0.387. The lowest BCUT2D eigenvalue weighted by atomic mass is 9.89. The second-order valence-corrected chi connectivity index (χ2v) is 3.89. The lowest BCUT2D eigenvalue weighted by Gasteiger charge is -2.37. The summed E-state index contributed by atoms with van der Waals surface area (Å²) in [5, 5.41) is 9.19. The van der Waals surface area contributed by atoms with Gasteiger partial charge in [0.2, 0.25) is 0 Å². The Morgan fingerprint density at radius 1 is 0.812 bits per heavy atom. The summed E-state index contributed by atoms with van der Waals surface area (Å²) in [6.45, 7) is 0. The third-order valence-corrected chi connectivity index (χ3v) is 2.77. The fourth-order valence-electron chi connectivity index (χ4n) is 1.74. The number of halogens is 7. The summed E-state index contributed by atoms with van der Waals surface area (Å²) in [5.74, 6) is -11.7.